The van der Waals surface area contributed by atoms with Crippen molar-refractivity contribution in [1.29, 1.82) is 0 Å². The lowest BCUT2D eigenvalue weighted by atomic mass is 10.1. The first-order valence-corrected chi connectivity index (χ1v) is 11.0. The van der Waals surface area contributed by atoms with Crippen LogP contribution in [0, 0.1) is 6.92 Å². The van der Waals surface area contributed by atoms with Crippen molar-refractivity contribution in [3.63, 3.8) is 0 Å². The molecule has 0 fully saturated rings. The lowest BCUT2D eigenvalue weighted by molar-refractivity contribution is 0.0955. The quantitative estimate of drug-likeness (QED) is 0.387. The Hall–Kier alpha value is -2.82. The number of carbonyl (C=O) groups is 1. The van der Waals surface area contributed by atoms with E-state index in [9.17, 15) is 4.79 Å². The van der Waals surface area contributed by atoms with Crippen LogP contribution < -0.4 is 5.32 Å². The number of halogens is 1. The molecule has 0 saturated heterocycles. The van der Waals surface area contributed by atoms with Gasteiger partial charge in [0.25, 0.3) is 5.91 Å². The van der Waals surface area contributed by atoms with E-state index in [0.717, 1.165) is 27.2 Å². The van der Waals surface area contributed by atoms with Crippen molar-refractivity contribution in [2.45, 2.75) is 23.3 Å². The van der Waals surface area contributed by atoms with E-state index in [2.05, 4.69) is 36.5 Å². The van der Waals surface area contributed by atoms with Gasteiger partial charge in [-0.05, 0) is 43.2 Å². The van der Waals surface area contributed by atoms with Crippen LogP contribution in [0.25, 0.3) is 10.9 Å². The Bertz CT molecular complexity index is 1190. The summed E-state index contributed by atoms with van der Waals surface area (Å²) in [7, 11) is 0. The number of fused-ring (bicyclic) bond motifs is 1. The zero-order chi connectivity index (χ0) is 20.9. The van der Waals surface area contributed by atoms with Crippen LogP contribution in [0.1, 0.15) is 21.5 Å². The van der Waals surface area contributed by atoms with E-state index in [1.165, 1.54) is 22.9 Å². The van der Waals surface area contributed by atoms with Gasteiger partial charge in [-0.1, -0.05) is 83.5 Å². The van der Waals surface area contributed by atoms with Gasteiger partial charge < -0.3 is 5.32 Å². The normalized spacial score (nSPS) is 10.9. The van der Waals surface area contributed by atoms with Gasteiger partial charge in [0, 0.05) is 16.8 Å². The maximum Gasteiger partial charge on any atom is 0.252 e. The molecule has 5 heteroatoms. The van der Waals surface area contributed by atoms with Crippen LogP contribution in [-0.4, -0.2) is 17.4 Å². The zero-order valence-electron chi connectivity index (χ0n) is 16.6. The van der Waals surface area contributed by atoms with E-state index in [1.807, 2.05) is 54.6 Å². The number of nitrogens with zero attached hydrogens (tertiary/aromatic N) is 1. The Morgan fingerprint density at radius 3 is 2.53 bits per heavy atom. The second-order valence-corrected chi connectivity index (χ2v) is 8.52. The smallest absolute Gasteiger partial charge is 0.252 e. The highest BCUT2D eigenvalue weighted by molar-refractivity contribution is 7.99. The number of rotatable bonds is 6. The second kappa shape index (κ2) is 9.33. The molecule has 0 spiro atoms. The fraction of sp³-hybridized carbons (Fsp3) is 0.120. The van der Waals surface area contributed by atoms with Crippen molar-refractivity contribution in [3.8, 4) is 0 Å². The molecule has 0 saturated carbocycles. The van der Waals surface area contributed by atoms with Gasteiger partial charge in [0.1, 0.15) is 5.03 Å². The number of pyridine rings is 1. The first kappa shape index (κ1) is 20.5. The Morgan fingerprint density at radius 2 is 1.73 bits per heavy atom. The monoisotopic (exact) mass is 432 g/mol. The second-order valence-electron chi connectivity index (χ2n) is 7.05. The summed E-state index contributed by atoms with van der Waals surface area (Å²) in [5.74, 6) is -0.0956. The summed E-state index contributed by atoms with van der Waals surface area (Å²) >= 11 is 7.76. The Labute approximate surface area is 185 Å². The van der Waals surface area contributed by atoms with Crippen LogP contribution in [0.5, 0.6) is 0 Å². The molecule has 0 aliphatic rings. The maximum atomic E-state index is 13.0. The molecular formula is C25H21ClN2OS. The largest absolute Gasteiger partial charge is 0.352 e. The van der Waals surface area contributed by atoms with Crippen LogP contribution in [-0.2, 0) is 6.42 Å². The van der Waals surface area contributed by atoms with Gasteiger partial charge in [-0.3, -0.25) is 4.79 Å². The number of hydrogen-bond donors (Lipinski definition) is 1. The molecule has 1 amide bonds. The molecule has 1 aromatic heterocycles. The molecule has 0 aliphatic heterocycles. The summed E-state index contributed by atoms with van der Waals surface area (Å²) in [5.41, 5.74) is 3.85. The average Bonchev–Trinajstić information content (AvgIpc) is 2.76. The van der Waals surface area contributed by atoms with E-state index in [4.69, 9.17) is 16.6 Å². The fourth-order valence-corrected chi connectivity index (χ4v) is 4.31. The average molecular weight is 433 g/mol. The van der Waals surface area contributed by atoms with Crippen LogP contribution in [0.3, 0.4) is 0 Å². The van der Waals surface area contributed by atoms with Crippen LogP contribution in [0.4, 0.5) is 0 Å². The Balaban J connectivity index is 1.56. The lowest BCUT2D eigenvalue weighted by Gasteiger charge is -2.11. The van der Waals surface area contributed by atoms with E-state index >= 15 is 0 Å². The number of benzene rings is 3. The molecule has 0 bridgehead atoms. The minimum atomic E-state index is -0.0956. The summed E-state index contributed by atoms with van der Waals surface area (Å²) < 4.78 is 0. The van der Waals surface area contributed by atoms with Gasteiger partial charge in [0.15, 0.2) is 0 Å². The summed E-state index contributed by atoms with van der Waals surface area (Å²) in [5, 5.41) is 5.31. The molecular weight excluding hydrogens is 412 g/mol. The fourth-order valence-electron chi connectivity index (χ4n) is 3.20. The first-order valence-electron chi connectivity index (χ1n) is 9.76. The molecule has 4 aromatic rings. The van der Waals surface area contributed by atoms with E-state index in [-0.39, 0.29) is 5.91 Å². The van der Waals surface area contributed by atoms with Gasteiger partial charge in [-0.2, -0.15) is 0 Å². The molecule has 30 heavy (non-hydrogen) atoms. The Morgan fingerprint density at radius 1 is 1.00 bits per heavy atom. The third-order valence-electron chi connectivity index (χ3n) is 4.81. The van der Waals surface area contributed by atoms with Crippen molar-refractivity contribution < 1.29 is 4.79 Å². The van der Waals surface area contributed by atoms with Crippen molar-refractivity contribution >= 4 is 40.2 Å². The molecule has 0 unspecified atom stereocenters. The third kappa shape index (κ3) is 4.84. The topological polar surface area (TPSA) is 42.0 Å². The number of carbonyl (C=O) groups excluding carboxylic acids is 1. The molecule has 3 aromatic carbocycles. The first-order chi connectivity index (χ1) is 14.6. The van der Waals surface area contributed by atoms with E-state index < -0.39 is 0 Å². The van der Waals surface area contributed by atoms with Crippen LogP contribution >= 0.6 is 23.4 Å². The predicted molar refractivity (Wildman–Crippen MR) is 125 cm³/mol. The number of para-hydroxylation sites is 1. The van der Waals surface area contributed by atoms with Gasteiger partial charge in [-0.25, -0.2) is 4.98 Å². The molecule has 0 radical (unpaired) electrons. The van der Waals surface area contributed by atoms with Crippen LogP contribution in [0.15, 0.2) is 88.8 Å². The number of nitrogens with one attached hydrogen (secondary N) is 1. The molecule has 0 aliphatic carbocycles. The number of aromatic nitrogens is 1. The van der Waals surface area contributed by atoms with Crippen molar-refractivity contribution in [2.24, 2.45) is 0 Å². The number of aryl methyl sites for hydroxylation is 1. The van der Waals surface area contributed by atoms with E-state index in [0.29, 0.717) is 17.1 Å². The maximum absolute atomic E-state index is 13.0. The highest BCUT2D eigenvalue weighted by Crippen LogP contribution is 2.34. The summed E-state index contributed by atoms with van der Waals surface area (Å²) in [4.78, 5) is 18.6. The van der Waals surface area contributed by atoms with E-state index in [1.54, 1.807) is 0 Å². The van der Waals surface area contributed by atoms with Gasteiger partial charge >= 0.3 is 0 Å². The van der Waals surface area contributed by atoms with Crippen molar-refractivity contribution in [1.82, 2.24) is 10.3 Å². The molecule has 3 nitrogen and oxygen atoms in total. The summed E-state index contributed by atoms with van der Waals surface area (Å²) in [6.07, 6.45) is 0.788. The SMILES string of the molecule is Cc1ccc(CCNC(=O)c2cc(Sc3ccccc3Cl)nc3ccccc23)cc1. The lowest BCUT2D eigenvalue weighted by Crippen LogP contribution is -2.26. The molecule has 4 rings (SSSR count). The standard InChI is InChI=1S/C25H21ClN2OS/c1-17-10-12-18(13-11-17)14-15-27-25(29)20-16-24(28-22-8-4-2-6-19(20)22)30-23-9-5-3-7-21(23)26/h2-13,16H,14-15H2,1H3,(H,27,29). The molecule has 150 valence electrons. The summed E-state index contributed by atoms with van der Waals surface area (Å²) in [6.45, 7) is 2.64. The Kier molecular flexibility index (Phi) is 6.36. The summed E-state index contributed by atoms with van der Waals surface area (Å²) in [6, 6.07) is 25.6. The number of hydrogen-bond acceptors (Lipinski definition) is 3. The molecule has 0 atom stereocenters. The van der Waals surface area contributed by atoms with Crippen LogP contribution in [0.2, 0.25) is 5.02 Å². The zero-order valence-corrected chi connectivity index (χ0v) is 18.1. The van der Waals surface area contributed by atoms with Crippen molar-refractivity contribution in [2.75, 3.05) is 6.54 Å². The predicted octanol–water partition coefficient (Wildman–Crippen LogP) is 6.32. The highest BCUT2D eigenvalue weighted by Gasteiger charge is 2.14. The number of amides is 1. The minimum Gasteiger partial charge on any atom is -0.352 e. The molecule has 1 N–H and O–H groups in total. The van der Waals surface area contributed by atoms with Gasteiger partial charge in [0.05, 0.1) is 16.1 Å². The molecule has 1 heterocycles. The van der Waals surface area contributed by atoms with Gasteiger partial charge in [-0.15, -0.1) is 0 Å². The third-order valence-corrected chi connectivity index (χ3v) is 6.24. The highest BCUT2D eigenvalue weighted by atomic mass is 35.5. The van der Waals surface area contributed by atoms with Gasteiger partial charge in [0.2, 0.25) is 0 Å². The van der Waals surface area contributed by atoms with Crippen molar-refractivity contribution in [3.05, 3.63) is 101 Å². The minimum absolute atomic E-state index is 0.0956.